The van der Waals surface area contributed by atoms with Crippen molar-refractivity contribution in [2.24, 2.45) is 0 Å². The molecule has 2 nitrogen and oxygen atoms in total. The fourth-order valence-corrected chi connectivity index (χ4v) is 1.22. The van der Waals surface area contributed by atoms with Crippen LogP contribution in [0.1, 0.15) is 12.8 Å². The van der Waals surface area contributed by atoms with Crippen molar-refractivity contribution >= 4 is 0 Å². The summed E-state index contributed by atoms with van der Waals surface area (Å²) in [6, 6.07) is 0. The largest absolute Gasteiger partial charge is 0.331 e. The Hall–Kier alpha value is -0.0800. The van der Waals surface area contributed by atoms with Crippen LogP contribution in [0.3, 0.4) is 0 Å². The van der Waals surface area contributed by atoms with Crippen LogP contribution in [0.15, 0.2) is 0 Å². The molecular formula is C9H21N2+. The Balaban J connectivity index is 1.87. The Morgan fingerprint density at radius 2 is 1.73 bits per heavy atom. The Kier molecular flexibility index (Phi) is 2.90. The Labute approximate surface area is 70.4 Å². The van der Waals surface area contributed by atoms with Crippen molar-refractivity contribution < 1.29 is 4.48 Å². The summed E-state index contributed by atoms with van der Waals surface area (Å²) in [5.74, 6) is 0. The normalized spacial score (nSPS) is 18.8. The number of quaternary nitrogens is 1. The van der Waals surface area contributed by atoms with Gasteiger partial charge in [-0.25, -0.2) is 0 Å². The molecule has 1 heterocycles. The molecular weight excluding hydrogens is 136 g/mol. The van der Waals surface area contributed by atoms with E-state index in [0.29, 0.717) is 0 Å². The molecule has 11 heavy (non-hydrogen) atoms. The minimum Gasteiger partial charge on any atom is -0.331 e. The van der Waals surface area contributed by atoms with E-state index in [4.69, 9.17) is 0 Å². The molecule has 0 radical (unpaired) electrons. The summed E-state index contributed by atoms with van der Waals surface area (Å²) in [7, 11) is 6.78. The molecule has 0 aromatic carbocycles. The van der Waals surface area contributed by atoms with Gasteiger partial charge in [-0.1, -0.05) is 0 Å². The van der Waals surface area contributed by atoms with Gasteiger partial charge < -0.3 is 9.38 Å². The van der Waals surface area contributed by atoms with Gasteiger partial charge in [0.2, 0.25) is 0 Å². The number of rotatable bonds is 5. The lowest BCUT2D eigenvalue weighted by molar-refractivity contribution is -0.870. The molecule has 66 valence electrons. The van der Waals surface area contributed by atoms with Gasteiger partial charge in [-0.05, 0) is 19.4 Å². The van der Waals surface area contributed by atoms with Crippen molar-refractivity contribution in [2.45, 2.75) is 12.8 Å². The van der Waals surface area contributed by atoms with Gasteiger partial charge in [-0.15, -0.1) is 0 Å². The van der Waals surface area contributed by atoms with Gasteiger partial charge in [0.05, 0.1) is 27.7 Å². The third-order valence-corrected chi connectivity index (χ3v) is 2.09. The van der Waals surface area contributed by atoms with Crippen molar-refractivity contribution in [3.05, 3.63) is 0 Å². The predicted molar refractivity (Wildman–Crippen MR) is 48.6 cm³/mol. The lowest BCUT2D eigenvalue weighted by Crippen LogP contribution is -2.35. The van der Waals surface area contributed by atoms with E-state index < -0.39 is 0 Å². The number of nitrogens with zero attached hydrogens (tertiary/aromatic N) is 2. The Morgan fingerprint density at radius 1 is 1.09 bits per heavy atom. The number of hydrogen-bond acceptors (Lipinski definition) is 1. The standard InChI is InChI=1S/C9H21N2/c1-11(2,3)9-5-4-6-10-7-8-10/h4-9H2,1-3H3/q+1. The van der Waals surface area contributed by atoms with Crippen LogP contribution in [-0.4, -0.2) is 56.7 Å². The summed E-state index contributed by atoms with van der Waals surface area (Å²) >= 11 is 0. The number of unbranched alkanes of at least 4 members (excludes halogenated alkanes) is 1. The highest BCUT2D eigenvalue weighted by Crippen LogP contribution is 2.06. The SMILES string of the molecule is C[N+](C)(C)CCCCN1CC1. The highest BCUT2D eigenvalue weighted by molar-refractivity contribution is 4.71. The summed E-state index contributed by atoms with van der Waals surface area (Å²) in [6.07, 6.45) is 2.76. The summed E-state index contributed by atoms with van der Waals surface area (Å²) in [6.45, 7) is 5.35. The van der Waals surface area contributed by atoms with Gasteiger partial charge in [-0.2, -0.15) is 0 Å². The van der Waals surface area contributed by atoms with Crippen LogP contribution in [0.4, 0.5) is 0 Å². The minimum atomic E-state index is 1.11. The van der Waals surface area contributed by atoms with E-state index in [0.717, 1.165) is 4.48 Å². The average Bonchev–Trinajstić information content (AvgIpc) is 2.60. The fourth-order valence-electron chi connectivity index (χ4n) is 1.22. The second-order valence-electron chi connectivity index (χ2n) is 4.56. The molecule has 0 amide bonds. The van der Waals surface area contributed by atoms with E-state index in [1.807, 2.05) is 0 Å². The maximum Gasteiger partial charge on any atom is 0.0780 e. The molecule has 0 N–H and O–H groups in total. The van der Waals surface area contributed by atoms with Crippen LogP contribution < -0.4 is 0 Å². The van der Waals surface area contributed by atoms with Gasteiger partial charge in [0, 0.05) is 13.1 Å². The van der Waals surface area contributed by atoms with E-state index >= 15 is 0 Å². The van der Waals surface area contributed by atoms with Gasteiger partial charge in [0.1, 0.15) is 0 Å². The molecule has 1 rings (SSSR count). The third-order valence-electron chi connectivity index (χ3n) is 2.09. The molecule has 0 aromatic heterocycles. The molecule has 1 saturated heterocycles. The van der Waals surface area contributed by atoms with Crippen LogP contribution in [0, 0.1) is 0 Å². The van der Waals surface area contributed by atoms with Crippen molar-refractivity contribution in [1.82, 2.24) is 4.90 Å². The Bertz CT molecular complexity index is 111. The first kappa shape index (κ1) is 9.01. The first-order valence-electron chi connectivity index (χ1n) is 4.61. The quantitative estimate of drug-likeness (QED) is 0.324. The minimum absolute atomic E-state index is 1.11. The highest BCUT2D eigenvalue weighted by atomic mass is 15.3. The lowest BCUT2D eigenvalue weighted by Gasteiger charge is -2.23. The average molecular weight is 157 g/mol. The van der Waals surface area contributed by atoms with Crippen LogP contribution >= 0.6 is 0 Å². The smallest absolute Gasteiger partial charge is 0.0780 e. The Morgan fingerprint density at radius 3 is 2.18 bits per heavy atom. The fraction of sp³-hybridized carbons (Fsp3) is 1.00. The van der Waals surface area contributed by atoms with Crippen molar-refractivity contribution in [3.8, 4) is 0 Å². The second kappa shape index (κ2) is 3.55. The van der Waals surface area contributed by atoms with Gasteiger partial charge in [0.15, 0.2) is 0 Å². The molecule has 1 aliphatic heterocycles. The van der Waals surface area contributed by atoms with Crippen molar-refractivity contribution in [2.75, 3.05) is 47.3 Å². The molecule has 1 aliphatic rings. The van der Waals surface area contributed by atoms with Crippen LogP contribution in [0.25, 0.3) is 0 Å². The predicted octanol–water partition coefficient (Wildman–Crippen LogP) is 0.788. The van der Waals surface area contributed by atoms with Gasteiger partial charge >= 0.3 is 0 Å². The monoisotopic (exact) mass is 157 g/mol. The maximum absolute atomic E-state index is 2.50. The molecule has 0 atom stereocenters. The van der Waals surface area contributed by atoms with E-state index in [2.05, 4.69) is 26.0 Å². The maximum atomic E-state index is 2.50. The topological polar surface area (TPSA) is 3.01 Å². The van der Waals surface area contributed by atoms with E-state index in [-0.39, 0.29) is 0 Å². The molecule has 0 aliphatic carbocycles. The van der Waals surface area contributed by atoms with Crippen LogP contribution in [0.2, 0.25) is 0 Å². The molecule has 0 aromatic rings. The summed E-state index contributed by atoms with van der Waals surface area (Å²) in [5.41, 5.74) is 0. The molecule has 0 saturated carbocycles. The number of hydrogen-bond donors (Lipinski definition) is 0. The summed E-state index contributed by atoms with van der Waals surface area (Å²) in [5, 5.41) is 0. The zero-order valence-corrected chi connectivity index (χ0v) is 8.14. The van der Waals surface area contributed by atoms with Crippen LogP contribution in [0.5, 0.6) is 0 Å². The zero-order valence-electron chi connectivity index (χ0n) is 8.14. The zero-order chi connectivity index (χ0) is 8.32. The van der Waals surface area contributed by atoms with Gasteiger partial charge in [-0.3, -0.25) is 0 Å². The molecule has 0 bridgehead atoms. The lowest BCUT2D eigenvalue weighted by atomic mass is 10.3. The van der Waals surface area contributed by atoms with E-state index in [9.17, 15) is 0 Å². The summed E-state index contributed by atoms with van der Waals surface area (Å²) in [4.78, 5) is 2.50. The van der Waals surface area contributed by atoms with Crippen molar-refractivity contribution in [3.63, 3.8) is 0 Å². The van der Waals surface area contributed by atoms with Crippen molar-refractivity contribution in [1.29, 1.82) is 0 Å². The molecule has 2 heteroatoms. The molecule has 0 spiro atoms. The molecule has 0 unspecified atom stereocenters. The van der Waals surface area contributed by atoms with E-state index in [1.165, 1.54) is 39.0 Å². The van der Waals surface area contributed by atoms with E-state index in [1.54, 1.807) is 0 Å². The third kappa shape index (κ3) is 5.22. The second-order valence-corrected chi connectivity index (χ2v) is 4.56. The van der Waals surface area contributed by atoms with Gasteiger partial charge in [0.25, 0.3) is 0 Å². The first-order chi connectivity index (χ1) is 5.08. The summed E-state index contributed by atoms with van der Waals surface area (Å²) < 4.78 is 1.11. The van der Waals surface area contributed by atoms with Crippen LogP contribution in [-0.2, 0) is 0 Å². The molecule has 1 fully saturated rings. The highest BCUT2D eigenvalue weighted by Gasteiger charge is 2.16. The first-order valence-corrected chi connectivity index (χ1v) is 4.61.